The largest absolute Gasteiger partial charge is 0.479 e. The van der Waals surface area contributed by atoms with E-state index in [1.54, 1.807) is 12.4 Å². The van der Waals surface area contributed by atoms with Gasteiger partial charge in [-0.15, -0.1) is 0 Å². The van der Waals surface area contributed by atoms with E-state index in [0.29, 0.717) is 0 Å². The average molecular weight is 306 g/mol. The molecule has 2 rings (SSSR count). The van der Waals surface area contributed by atoms with Gasteiger partial charge in [0.15, 0.2) is 12.2 Å². The lowest BCUT2D eigenvalue weighted by Crippen LogP contribution is -2.39. The van der Waals surface area contributed by atoms with Crippen LogP contribution in [0, 0.1) is 0 Å². The minimum atomic E-state index is -2.27. The molecule has 0 radical (unpaired) electrons. The van der Waals surface area contributed by atoms with Crippen molar-refractivity contribution in [3.05, 3.63) is 48.8 Å². The summed E-state index contributed by atoms with van der Waals surface area (Å²) in [7, 11) is 0. The quantitative estimate of drug-likeness (QED) is 0.619. The maximum atomic E-state index is 9.77. The molecule has 0 saturated carbocycles. The zero-order valence-electron chi connectivity index (χ0n) is 11.3. The van der Waals surface area contributed by atoms with Crippen molar-refractivity contribution in [1.29, 1.82) is 0 Å². The molecule has 0 aliphatic carbocycles. The second-order valence-electron chi connectivity index (χ2n) is 4.00. The van der Waals surface area contributed by atoms with Gasteiger partial charge in [0.2, 0.25) is 0 Å². The molecule has 0 aliphatic rings. The van der Waals surface area contributed by atoms with Crippen molar-refractivity contribution in [2.75, 3.05) is 0 Å². The van der Waals surface area contributed by atoms with Crippen LogP contribution in [0.25, 0.3) is 11.4 Å². The van der Waals surface area contributed by atoms with E-state index in [-0.39, 0.29) is 0 Å². The standard InChI is InChI=1S/C10H8N2.C4H6O6/c1-3-7-11-9(5-1)10-6-2-4-8-12-10;5-1(3(7)8)2(6)4(9)10/h1-8H;1-2,5-6H,(H,7,8)(H,9,10). The molecule has 4 N–H and O–H groups in total. The Morgan fingerprint density at radius 2 is 1.14 bits per heavy atom. The summed E-state index contributed by atoms with van der Waals surface area (Å²) in [6.45, 7) is 0. The molecule has 8 nitrogen and oxygen atoms in total. The number of hydrogen-bond acceptors (Lipinski definition) is 6. The van der Waals surface area contributed by atoms with Gasteiger partial charge in [-0.1, -0.05) is 12.1 Å². The van der Waals surface area contributed by atoms with Crippen LogP contribution in [-0.4, -0.2) is 54.5 Å². The lowest BCUT2D eigenvalue weighted by atomic mass is 10.2. The Balaban J connectivity index is 0.000000225. The SMILES string of the molecule is O=C(O)C(O)C(O)C(=O)O.c1ccc(-c2ccccn2)nc1. The van der Waals surface area contributed by atoms with Crippen molar-refractivity contribution in [2.24, 2.45) is 0 Å². The summed E-state index contributed by atoms with van der Waals surface area (Å²) < 4.78 is 0. The van der Waals surface area contributed by atoms with E-state index >= 15 is 0 Å². The summed E-state index contributed by atoms with van der Waals surface area (Å²) in [5, 5.41) is 32.5. The number of carboxylic acid groups (broad SMARTS) is 2. The molecule has 0 fully saturated rings. The van der Waals surface area contributed by atoms with Crippen LogP contribution < -0.4 is 0 Å². The summed E-state index contributed by atoms with van der Waals surface area (Å²) in [5.74, 6) is -3.54. The molecule has 116 valence electrons. The fourth-order valence-corrected chi connectivity index (χ4v) is 1.30. The van der Waals surface area contributed by atoms with E-state index < -0.39 is 24.1 Å². The third-order valence-electron chi connectivity index (χ3n) is 2.40. The first kappa shape index (κ1) is 17.2. The topological polar surface area (TPSA) is 141 Å². The van der Waals surface area contributed by atoms with Gasteiger partial charge in [-0.3, -0.25) is 9.97 Å². The number of nitrogens with zero attached hydrogens (tertiary/aromatic N) is 2. The maximum Gasteiger partial charge on any atom is 0.335 e. The van der Waals surface area contributed by atoms with E-state index in [1.807, 2.05) is 36.4 Å². The Kier molecular flexibility index (Phi) is 6.61. The molecule has 0 aromatic carbocycles. The van der Waals surface area contributed by atoms with E-state index in [2.05, 4.69) is 9.97 Å². The molecule has 0 aliphatic heterocycles. The average Bonchev–Trinajstić information content (AvgIpc) is 2.55. The van der Waals surface area contributed by atoms with Gasteiger partial charge < -0.3 is 20.4 Å². The van der Waals surface area contributed by atoms with Crippen molar-refractivity contribution in [3.63, 3.8) is 0 Å². The molecule has 2 aromatic heterocycles. The normalized spacial score (nSPS) is 12.5. The first-order valence-electron chi connectivity index (χ1n) is 6.07. The van der Waals surface area contributed by atoms with Crippen LogP contribution in [0.15, 0.2) is 48.8 Å². The van der Waals surface area contributed by atoms with Crippen molar-refractivity contribution < 1.29 is 30.0 Å². The molecule has 8 heteroatoms. The highest BCUT2D eigenvalue weighted by Gasteiger charge is 2.29. The fourth-order valence-electron chi connectivity index (χ4n) is 1.30. The zero-order chi connectivity index (χ0) is 16.5. The third-order valence-corrected chi connectivity index (χ3v) is 2.40. The first-order valence-corrected chi connectivity index (χ1v) is 6.07. The van der Waals surface area contributed by atoms with Gasteiger partial charge in [-0.05, 0) is 24.3 Å². The van der Waals surface area contributed by atoms with Gasteiger partial charge in [0.1, 0.15) is 0 Å². The van der Waals surface area contributed by atoms with Crippen LogP contribution in [0.1, 0.15) is 0 Å². The molecule has 2 aromatic rings. The van der Waals surface area contributed by atoms with Crippen LogP contribution in [0.3, 0.4) is 0 Å². The molecular formula is C14H14N2O6. The Hall–Kier alpha value is -2.84. The smallest absolute Gasteiger partial charge is 0.335 e. The number of carbonyl (C=O) groups is 2. The highest BCUT2D eigenvalue weighted by Crippen LogP contribution is 2.10. The third kappa shape index (κ3) is 5.27. The van der Waals surface area contributed by atoms with E-state index in [0.717, 1.165) is 11.4 Å². The number of aliphatic carboxylic acids is 2. The summed E-state index contributed by atoms with van der Waals surface area (Å²) in [6.07, 6.45) is -0.997. The molecule has 0 saturated heterocycles. The van der Waals surface area contributed by atoms with Crippen molar-refractivity contribution in [3.8, 4) is 11.4 Å². The lowest BCUT2D eigenvalue weighted by molar-refractivity contribution is -0.165. The van der Waals surface area contributed by atoms with Crippen LogP contribution in [0.5, 0.6) is 0 Å². The Morgan fingerprint density at radius 1 is 0.773 bits per heavy atom. The fraction of sp³-hybridized carbons (Fsp3) is 0.143. The molecule has 22 heavy (non-hydrogen) atoms. The second kappa shape index (κ2) is 8.45. The van der Waals surface area contributed by atoms with Crippen LogP contribution >= 0.6 is 0 Å². The number of aromatic nitrogens is 2. The highest BCUT2D eigenvalue weighted by molar-refractivity contribution is 5.83. The highest BCUT2D eigenvalue weighted by atomic mass is 16.4. The van der Waals surface area contributed by atoms with Crippen LogP contribution in [-0.2, 0) is 9.59 Å². The minimum absolute atomic E-state index is 0.915. The van der Waals surface area contributed by atoms with E-state index in [9.17, 15) is 9.59 Å². The number of aliphatic hydroxyl groups is 2. The van der Waals surface area contributed by atoms with Crippen molar-refractivity contribution >= 4 is 11.9 Å². The molecular weight excluding hydrogens is 292 g/mol. The van der Waals surface area contributed by atoms with Crippen molar-refractivity contribution in [1.82, 2.24) is 9.97 Å². The first-order chi connectivity index (χ1) is 10.4. The monoisotopic (exact) mass is 306 g/mol. The number of rotatable bonds is 4. The Bertz CT molecular complexity index is 550. The summed E-state index contributed by atoms with van der Waals surface area (Å²) in [5.41, 5.74) is 1.83. The Labute approximate surface area is 125 Å². The van der Waals surface area contributed by atoms with Gasteiger partial charge in [0, 0.05) is 12.4 Å². The van der Waals surface area contributed by atoms with Gasteiger partial charge >= 0.3 is 11.9 Å². The van der Waals surface area contributed by atoms with Gasteiger partial charge in [-0.2, -0.15) is 0 Å². The van der Waals surface area contributed by atoms with E-state index in [1.165, 1.54) is 0 Å². The summed E-state index contributed by atoms with van der Waals surface area (Å²) >= 11 is 0. The maximum absolute atomic E-state index is 9.77. The molecule has 2 atom stereocenters. The zero-order valence-corrected chi connectivity index (χ0v) is 11.3. The summed E-state index contributed by atoms with van der Waals surface area (Å²) in [4.78, 5) is 27.9. The predicted octanol–water partition coefficient (Wildman–Crippen LogP) is 0.0210. The number of hydrogen-bond donors (Lipinski definition) is 4. The molecule has 0 bridgehead atoms. The number of pyridine rings is 2. The van der Waals surface area contributed by atoms with Crippen LogP contribution in [0.2, 0.25) is 0 Å². The molecule has 0 spiro atoms. The van der Waals surface area contributed by atoms with Crippen molar-refractivity contribution in [2.45, 2.75) is 12.2 Å². The molecule has 2 unspecified atom stereocenters. The van der Waals surface area contributed by atoms with Gasteiger partial charge in [0.25, 0.3) is 0 Å². The molecule has 0 amide bonds. The lowest BCUT2D eigenvalue weighted by Gasteiger charge is -2.07. The number of carboxylic acids is 2. The molecule has 2 heterocycles. The minimum Gasteiger partial charge on any atom is -0.479 e. The second-order valence-corrected chi connectivity index (χ2v) is 4.00. The van der Waals surface area contributed by atoms with Gasteiger partial charge in [-0.25, -0.2) is 9.59 Å². The van der Waals surface area contributed by atoms with Crippen LogP contribution in [0.4, 0.5) is 0 Å². The Morgan fingerprint density at radius 3 is 1.36 bits per heavy atom. The van der Waals surface area contributed by atoms with Gasteiger partial charge in [0.05, 0.1) is 11.4 Å². The summed E-state index contributed by atoms with van der Waals surface area (Å²) in [6, 6.07) is 11.6. The van der Waals surface area contributed by atoms with E-state index in [4.69, 9.17) is 20.4 Å². The number of aliphatic hydroxyl groups excluding tert-OH is 2. The predicted molar refractivity (Wildman–Crippen MR) is 74.8 cm³/mol.